The zero-order valence-corrected chi connectivity index (χ0v) is 16.7. The molecule has 0 aliphatic heterocycles. The number of allylic oxidation sites excluding steroid dienone is 2. The molecule has 1 saturated carbocycles. The summed E-state index contributed by atoms with van der Waals surface area (Å²) in [4.78, 5) is 34.7. The van der Waals surface area contributed by atoms with Crippen molar-refractivity contribution in [2.24, 2.45) is 0 Å². The molecule has 0 spiro atoms. The molecule has 0 aromatic heterocycles. The molecule has 0 amide bonds. The Morgan fingerprint density at radius 3 is 1.61 bits per heavy atom. The van der Waals surface area contributed by atoms with Crippen LogP contribution < -0.4 is 9.47 Å². The van der Waals surface area contributed by atoms with Crippen molar-refractivity contribution in [3.05, 3.63) is 70.8 Å². The Bertz CT molecular complexity index is 968. The van der Waals surface area contributed by atoms with Crippen LogP contribution in [0.25, 0.3) is 12.2 Å². The molecule has 0 atom stereocenters. The molecule has 1 fully saturated rings. The van der Waals surface area contributed by atoms with Crippen molar-refractivity contribution in [3.63, 3.8) is 0 Å². The molecule has 7 heteroatoms. The molecule has 3 rings (SSSR count). The lowest BCUT2D eigenvalue weighted by Gasteiger charge is -2.18. The summed E-state index contributed by atoms with van der Waals surface area (Å²) in [7, 11) is 0. The number of hydrogen-bond donors (Lipinski definition) is 2. The normalized spacial score (nSPS) is 16.3. The number of carbonyl (C=O) groups is 3. The van der Waals surface area contributed by atoms with E-state index in [1.165, 1.54) is 0 Å². The van der Waals surface area contributed by atoms with E-state index in [-0.39, 0.29) is 5.78 Å². The predicted octanol–water partition coefficient (Wildman–Crippen LogP) is 3.83. The van der Waals surface area contributed by atoms with Crippen molar-refractivity contribution in [3.8, 4) is 11.5 Å². The summed E-state index contributed by atoms with van der Waals surface area (Å²) >= 11 is 0. The van der Waals surface area contributed by atoms with Crippen molar-refractivity contribution in [1.82, 2.24) is 0 Å². The van der Waals surface area contributed by atoms with Gasteiger partial charge in [-0.3, -0.25) is 4.79 Å². The van der Waals surface area contributed by atoms with Crippen LogP contribution in [-0.4, -0.2) is 41.1 Å². The molecule has 0 radical (unpaired) electrons. The van der Waals surface area contributed by atoms with Crippen LogP contribution in [-0.2, 0) is 14.4 Å². The van der Waals surface area contributed by atoms with Gasteiger partial charge in [-0.15, -0.1) is 0 Å². The maximum atomic E-state index is 13.1. The number of carbonyl (C=O) groups excluding carboxylic acids is 1. The quantitative estimate of drug-likeness (QED) is 0.622. The maximum absolute atomic E-state index is 13.1. The highest BCUT2D eigenvalue weighted by atomic mass is 16.5. The fourth-order valence-electron chi connectivity index (χ4n) is 3.29. The average molecular weight is 422 g/mol. The summed E-state index contributed by atoms with van der Waals surface area (Å²) in [5.74, 6) is -1.47. The van der Waals surface area contributed by atoms with Crippen LogP contribution in [0.15, 0.2) is 59.7 Å². The standard InChI is InChI=1S/C24H22O7/c25-22(26)14-30-20-10-3-1-6-16(20)12-18-8-5-9-19(24(18)29)13-17-7-2-4-11-21(17)31-15-23(27)28/h1-4,6-7,10-13H,5,8-9,14-15H2,(H,25,26)(H,27,28)/b18-12+,19-13+. The number of carboxylic acid groups (broad SMARTS) is 2. The van der Waals surface area contributed by atoms with E-state index < -0.39 is 25.2 Å². The van der Waals surface area contributed by atoms with Gasteiger partial charge in [-0.1, -0.05) is 36.4 Å². The first-order valence-electron chi connectivity index (χ1n) is 9.77. The predicted molar refractivity (Wildman–Crippen MR) is 114 cm³/mol. The monoisotopic (exact) mass is 422 g/mol. The zero-order chi connectivity index (χ0) is 22.2. The van der Waals surface area contributed by atoms with E-state index in [0.29, 0.717) is 46.6 Å². The molecule has 2 N–H and O–H groups in total. The summed E-state index contributed by atoms with van der Waals surface area (Å²) in [6, 6.07) is 13.9. The van der Waals surface area contributed by atoms with Gasteiger partial charge in [0, 0.05) is 22.3 Å². The molecular weight excluding hydrogens is 400 g/mol. The number of benzene rings is 2. The Hall–Kier alpha value is -3.87. The van der Waals surface area contributed by atoms with Crippen molar-refractivity contribution < 1.29 is 34.1 Å². The number of carboxylic acids is 2. The lowest BCUT2D eigenvalue weighted by Crippen LogP contribution is -2.13. The van der Waals surface area contributed by atoms with E-state index in [2.05, 4.69) is 0 Å². The van der Waals surface area contributed by atoms with Gasteiger partial charge in [0.1, 0.15) is 11.5 Å². The van der Waals surface area contributed by atoms with Gasteiger partial charge < -0.3 is 19.7 Å². The van der Waals surface area contributed by atoms with E-state index >= 15 is 0 Å². The number of aliphatic carboxylic acids is 2. The maximum Gasteiger partial charge on any atom is 0.341 e. The minimum atomic E-state index is -1.08. The van der Waals surface area contributed by atoms with Gasteiger partial charge in [0.05, 0.1) is 0 Å². The van der Waals surface area contributed by atoms with E-state index in [9.17, 15) is 14.4 Å². The summed E-state index contributed by atoms with van der Waals surface area (Å²) in [5, 5.41) is 17.7. The lowest BCUT2D eigenvalue weighted by molar-refractivity contribution is -0.140. The Kier molecular flexibility index (Phi) is 7.22. The van der Waals surface area contributed by atoms with Crippen LogP contribution in [0.3, 0.4) is 0 Å². The first-order chi connectivity index (χ1) is 14.9. The molecule has 2 aromatic carbocycles. The molecular formula is C24H22O7. The summed E-state index contributed by atoms with van der Waals surface area (Å²) in [6.07, 6.45) is 5.44. The molecule has 0 saturated heterocycles. The van der Waals surface area contributed by atoms with Gasteiger partial charge in [-0.25, -0.2) is 9.59 Å². The second-order valence-corrected chi connectivity index (χ2v) is 6.96. The Morgan fingerprint density at radius 2 is 1.19 bits per heavy atom. The van der Waals surface area contributed by atoms with Crippen LogP contribution >= 0.6 is 0 Å². The average Bonchev–Trinajstić information content (AvgIpc) is 2.75. The van der Waals surface area contributed by atoms with Crippen molar-refractivity contribution >= 4 is 29.9 Å². The molecule has 2 aromatic rings. The van der Waals surface area contributed by atoms with Crippen LogP contribution in [0.4, 0.5) is 0 Å². The third-order valence-electron chi connectivity index (χ3n) is 4.68. The number of ketones is 1. The molecule has 7 nitrogen and oxygen atoms in total. The Balaban J connectivity index is 1.86. The van der Waals surface area contributed by atoms with E-state index in [1.54, 1.807) is 60.7 Å². The molecule has 160 valence electrons. The molecule has 0 unspecified atom stereocenters. The van der Waals surface area contributed by atoms with Gasteiger partial charge >= 0.3 is 11.9 Å². The van der Waals surface area contributed by atoms with Gasteiger partial charge in [-0.2, -0.15) is 0 Å². The van der Waals surface area contributed by atoms with Crippen molar-refractivity contribution in [2.45, 2.75) is 19.3 Å². The number of para-hydroxylation sites is 2. The summed E-state index contributed by atoms with van der Waals surface area (Å²) in [6.45, 7) is -0.932. The summed E-state index contributed by atoms with van der Waals surface area (Å²) in [5.41, 5.74) is 2.48. The van der Waals surface area contributed by atoms with Crippen LogP contribution in [0.5, 0.6) is 11.5 Å². The van der Waals surface area contributed by atoms with Gasteiger partial charge in [0.25, 0.3) is 0 Å². The molecule has 1 aliphatic carbocycles. The third-order valence-corrected chi connectivity index (χ3v) is 4.68. The molecule has 1 aliphatic rings. The number of ether oxygens (including phenoxy) is 2. The van der Waals surface area contributed by atoms with Crippen molar-refractivity contribution in [2.75, 3.05) is 13.2 Å². The minimum absolute atomic E-state index is 0.104. The van der Waals surface area contributed by atoms with Gasteiger partial charge in [-0.05, 0) is 43.5 Å². The number of rotatable bonds is 8. The molecule has 0 bridgehead atoms. The minimum Gasteiger partial charge on any atom is -0.481 e. The molecule has 31 heavy (non-hydrogen) atoms. The highest BCUT2D eigenvalue weighted by Crippen LogP contribution is 2.31. The highest BCUT2D eigenvalue weighted by molar-refractivity contribution is 6.14. The van der Waals surface area contributed by atoms with Gasteiger partial charge in [0.2, 0.25) is 0 Å². The Labute approximate surface area is 179 Å². The van der Waals surface area contributed by atoms with Crippen LogP contribution in [0, 0.1) is 0 Å². The zero-order valence-electron chi connectivity index (χ0n) is 16.7. The van der Waals surface area contributed by atoms with Crippen molar-refractivity contribution in [1.29, 1.82) is 0 Å². The SMILES string of the molecule is O=C(O)COc1ccccc1/C=C1\CCC/C(=C\c2ccccc2OCC(=O)O)C1=O. The molecule has 0 heterocycles. The first kappa shape index (κ1) is 21.8. The second-order valence-electron chi connectivity index (χ2n) is 6.96. The topological polar surface area (TPSA) is 110 Å². The Morgan fingerprint density at radius 1 is 0.774 bits per heavy atom. The summed E-state index contributed by atoms with van der Waals surface area (Å²) < 4.78 is 10.7. The fourth-order valence-corrected chi connectivity index (χ4v) is 3.29. The lowest BCUT2D eigenvalue weighted by atomic mass is 9.86. The smallest absolute Gasteiger partial charge is 0.341 e. The number of Topliss-reactive ketones (excluding diaryl/α,β-unsaturated/α-hetero) is 1. The van der Waals surface area contributed by atoms with Crippen LogP contribution in [0.1, 0.15) is 30.4 Å². The van der Waals surface area contributed by atoms with E-state index in [0.717, 1.165) is 6.42 Å². The third kappa shape index (κ3) is 6.05. The highest BCUT2D eigenvalue weighted by Gasteiger charge is 2.21. The second kappa shape index (κ2) is 10.2. The first-order valence-corrected chi connectivity index (χ1v) is 9.77. The van der Waals surface area contributed by atoms with Crippen LogP contribution in [0.2, 0.25) is 0 Å². The fraction of sp³-hybridized carbons (Fsp3) is 0.208. The largest absolute Gasteiger partial charge is 0.481 e. The number of hydrogen-bond acceptors (Lipinski definition) is 5. The van der Waals surface area contributed by atoms with E-state index in [1.807, 2.05) is 0 Å². The van der Waals surface area contributed by atoms with Gasteiger partial charge in [0.15, 0.2) is 19.0 Å². The van der Waals surface area contributed by atoms with E-state index in [4.69, 9.17) is 19.7 Å².